The number of benzene rings is 2. The van der Waals surface area contributed by atoms with Crippen molar-refractivity contribution in [1.82, 2.24) is 9.97 Å². The highest BCUT2D eigenvalue weighted by atomic mass is 16.1. The molecule has 0 saturated heterocycles. The molecule has 0 atom stereocenters. The van der Waals surface area contributed by atoms with Crippen molar-refractivity contribution in [3.8, 4) is 0 Å². The summed E-state index contributed by atoms with van der Waals surface area (Å²) in [6.45, 7) is 8.62. The second-order valence-electron chi connectivity index (χ2n) is 7.92. The van der Waals surface area contributed by atoms with Gasteiger partial charge in [-0.25, -0.2) is 0 Å². The third-order valence-electron chi connectivity index (χ3n) is 5.25. The number of ketones is 1. The smallest absolute Gasteiger partial charge is 0.196 e. The minimum Gasteiger partial charge on any atom is -0.288 e. The van der Waals surface area contributed by atoms with E-state index in [0.29, 0.717) is 23.0 Å². The summed E-state index contributed by atoms with van der Waals surface area (Å²) in [5.74, 6) is 0.726. The van der Waals surface area contributed by atoms with Gasteiger partial charge in [0.25, 0.3) is 0 Å². The molecule has 0 N–H and O–H groups in total. The molecule has 0 unspecified atom stereocenters. The van der Waals surface area contributed by atoms with Gasteiger partial charge in [0, 0.05) is 34.3 Å². The highest BCUT2D eigenvalue weighted by Crippen LogP contribution is 2.27. The molecule has 2 aromatic carbocycles. The Morgan fingerprint density at radius 3 is 1.54 bits per heavy atom. The number of pyridine rings is 2. The molecule has 0 aliphatic carbocycles. The molecule has 3 nitrogen and oxygen atoms in total. The number of carbonyl (C=O) groups is 1. The number of para-hydroxylation sites is 2. The van der Waals surface area contributed by atoms with E-state index >= 15 is 0 Å². The topological polar surface area (TPSA) is 42.9 Å². The van der Waals surface area contributed by atoms with Crippen molar-refractivity contribution in [1.29, 1.82) is 0 Å². The highest BCUT2D eigenvalue weighted by Gasteiger charge is 2.15. The van der Waals surface area contributed by atoms with Gasteiger partial charge in [0.15, 0.2) is 5.78 Å². The quantitative estimate of drug-likeness (QED) is 0.399. The van der Waals surface area contributed by atoms with Gasteiger partial charge in [0.2, 0.25) is 0 Å². The molecular formula is C25H24N2O. The van der Waals surface area contributed by atoms with Crippen LogP contribution in [0.2, 0.25) is 0 Å². The number of aromatic nitrogens is 2. The van der Waals surface area contributed by atoms with Gasteiger partial charge in [0.1, 0.15) is 0 Å². The Kier molecular flexibility index (Phi) is 4.68. The molecule has 0 aliphatic rings. The van der Waals surface area contributed by atoms with Gasteiger partial charge in [-0.1, -0.05) is 64.1 Å². The number of nitrogens with zero attached hydrogens (tertiary/aromatic N) is 2. The molecule has 0 saturated carbocycles. The maximum atomic E-state index is 13.1. The van der Waals surface area contributed by atoms with Gasteiger partial charge in [0.05, 0.1) is 11.0 Å². The highest BCUT2D eigenvalue weighted by molar-refractivity contribution is 6.11. The zero-order valence-corrected chi connectivity index (χ0v) is 16.7. The molecule has 4 rings (SSSR count). The zero-order chi connectivity index (χ0) is 19.8. The number of hydrogen-bond acceptors (Lipinski definition) is 3. The molecule has 0 bridgehead atoms. The van der Waals surface area contributed by atoms with Gasteiger partial charge in [-0.15, -0.1) is 0 Å². The van der Waals surface area contributed by atoms with E-state index in [9.17, 15) is 4.79 Å². The normalized spacial score (nSPS) is 11.6. The average molecular weight is 368 g/mol. The molecule has 0 fully saturated rings. The van der Waals surface area contributed by atoms with Crippen molar-refractivity contribution in [3.05, 3.63) is 83.2 Å². The lowest BCUT2D eigenvalue weighted by Gasteiger charge is -2.11. The summed E-state index contributed by atoms with van der Waals surface area (Å²) >= 11 is 0. The van der Waals surface area contributed by atoms with Crippen molar-refractivity contribution in [2.24, 2.45) is 0 Å². The fourth-order valence-electron chi connectivity index (χ4n) is 3.72. The lowest BCUT2D eigenvalue weighted by atomic mass is 9.96. The predicted molar refractivity (Wildman–Crippen MR) is 115 cm³/mol. The first-order valence-electron chi connectivity index (χ1n) is 9.77. The van der Waals surface area contributed by atoms with E-state index in [1.165, 1.54) is 11.1 Å². The first-order valence-corrected chi connectivity index (χ1v) is 9.77. The van der Waals surface area contributed by atoms with Crippen LogP contribution in [0.5, 0.6) is 0 Å². The summed E-state index contributed by atoms with van der Waals surface area (Å²) in [7, 11) is 0. The van der Waals surface area contributed by atoms with E-state index in [2.05, 4.69) is 49.8 Å². The van der Waals surface area contributed by atoms with Gasteiger partial charge < -0.3 is 0 Å². The zero-order valence-electron chi connectivity index (χ0n) is 16.7. The number of carbonyl (C=O) groups excluding carboxylic acids is 1. The molecule has 2 heterocycles. The predicted octanol–water partition coefficient (Wildman–Crippen LogP) is 6.26. The molecule has 0 radical (unpaired) electrons. The first kappa shape index (κ1) is 18.3. The maximum Gasteiger partial charge on any atom is 0.196 e. The van der Waals surface area contributed by atoms with Crippen LogP contribution in [0.15, 0.2) is 60.9 Å². The minimum atomic E-state index is -0.0475. The molecule has 2 aromatic heterocycles. The molecule has 0 aliphatic heterocycles. The fraction of sp³-hybridized carbons (Fsp3) is 0.240. The Bertz CT molecular complexity index is 1100. The summed E-state index contributed by atoms with van der Waals surface area (Å²) in [6.07, 6.45) is 3.37. The van der Waals surface area contributed by atoms with E-state index in [-0.39, 0.29) is 5.78 Å². The van der Waals surface area contributed by atoms with Crippen LogP contribution in [0.3, 0.4) is 0 Å². The van der Waals surface area contributed by atoms with Gasteiger partial charge in [-0.2, -0.15) is 0 Å². The van der Waals surface area contributed by atoms with E-state index in [4.69, 9.17) is 0 Å². The third-order valence-corrected chi connectivity index (χ3v) is 5.25. The van der Waals surface area contributed by atoms with Gasteiger partial charge in [-0.3, -0.25) is 14.8 Å². The van der Waals surface area contributed by atoms with E-state index < -0.39 is 0 Å². The Morgan fingerprint density at radius 1 is 0.714 bits per heavy atom. The summed E-state index contributed by atoms with van der Waals surface area (Å²) in [5.41, 5.74) is 5.51. The Balaban J connectivity index is 1.77. The van der Waals surface area contributed by atoms with E-state index in [1.807, 2.05) is 36.4 Å². The van der Waals surface area contributed by atoms with Crippen LogP contribution in [0, 0.1) is 0 Å². The molecule has 140 valence electrons. The monoisotopic (exact) mass is 368 g/mol. The van der Waals surface area contributed by atoms with Crippen LogP contribution in [0.4, 0.5) is 0 Å². The van der Waals surface area contributed by atoms with Crippen molar-refractivity contribution >= 4 is 27.6 Å². The Morgan fingerprint density at radius 2 is 1.14 bits per heavy atom. The second kappa shape index (κ2) is 7.16. The molecule has 0 amide bonds. The SMILES string of the molecule is CC(C)c1cccc2cc(C(=O)c3cnc4c(C(C)C)cccc4c3)cnc12. The lowest BCUT2D eigenvalue weighted by Crippen LogP contribution is -2.04. The van der Waals surface area contributed by atoms with E-state index in [0.717, 1.165) is 21.8 Å². The molecular weight excluding hydrogens is 344 g/mol. The first-order chi connectivity index (χ1) is 13.5. The molecule has 4 aromatic rings. The second-order valence-corrected chi connectivity index (χ2v) is 7.92. The maximum absolute atomic E-state index is 13.1. The fourth-order valence-corrected chi connectivity index (χ4v) is 3.72. The lowest BCUT2D eigenvalue weighted by molar-refractivity contribution is 0.103. The minimum absolute atomic E-state index is 0.0475. The summed E-state index contributed by atoms with van der Waals surface area (Å²) in [6, 6.07) is 16.1. The van der Waals surface area contributed by atoms with Crippen LogP contribution in [-0.2, 0) is 0 Å². The Labute approximate surface area is 165 Å². The number of hydrogen-bond donors (Lipinski definition) is 0. The number of fused-ring (bicyclic) bond motifs is 2. The van der Waals surface area contributed by atoms with Crippen molar-refractivity contribution in [3.63, 3.8) is 0 Å². The van der Waals surface area contributed by atoms with E-state index in [1.54, 1.807) is 12.4 Å². The summed E-state index contributed by atoms with van der Waals surface area (Å²) in [5, 5.41) is 1.99. The van der Waals surface area contributed by atoms with Gasteiger partial charge in [-0.05, 0) is 35.1 Å². The number of rotatable bonds is 4. The third kappa shape index (κ3) is 3.18. The van der Waals surface area contributed by atoms with Crippen LogP contribution < -0.4 is 0 Å². The van der Waals surface area contributed by atoms with Crippen molar-refractivity contribution in [2.45, 2.75) is 39.5 Å². The molecule has 3 heteroatoms. The van der Waals surface area contributed by atoms with Crippen LogP contribution in [-0.4, -0.2) is 15.8 Å². The largest absolute Gasteiger partial charge is 0.288 e. The van der Waals surface area contributed by atoms with Gasteiger partial charge >= 0.3 is 0 Å². The summed E-state index contributed by atoms with van der Waals surface area (Å²) < 4.78 is 0. The summed E-state index contributed by atoms with van der Waals surface area (Å²) in [4.78, 5) is 22.3. The molecule has 28 heavy (non-hydrogen) atoms. The van der Waals surface area contributed by atoms with Crippen molar-refractivity contribution in [2.75, 3.05) is 0 Å². The molecule has 0 spiro atoms. The van der Waals surface area contributed by atoms with Crippen molar-refractivity contribution < 1.29 is 4.79 Å². The average Bonchev–Trinajstić information content (AvgIpc) is 2.71. The van der Waals surface area contributed by atoms with Crippen LogP contribution in [0.1, 0.15) is 66.6 Å². The van der Waals surface area contributed by atoms with Crippen LogP contribution in [0.25, 0.3) is 21.8 Å². The van der Waals surface area contributed by atoms with Crippen LogP contribution >= 0.6 is 0 Å². The Hall–Kier alpha value is -3.07. The standard InChI is InChI=1S/C25H24N2O/c1-15(2)21-9-5-7-17-11-19(13-26-23(17)21)25(28)20-12-18-8-6-10-22(16(3)4)24(18)27-14-20/h5-16H,1-4H3.